The first kappa shape index (κ1) is 13.6. The van der Waals surface area contributed by atoms with E-state index in [4.69, 9.17) is 0 Å². The van der Waals surface area contributed by atoms with Gasteiger partial charge in [-0.25, -0.2) is 9.78 Å². The number of methoxy groups -OCH3 is 1. The summed E-state index contributed by atoms with van der Waals surface area (Å²) in [5, 5.41) is 12.5. The number of rotatable bonds is 3. The van der Waals surface area contributed by atoms with Gasteiger partial charge in [-0.1, -0.05) is 6.07 Å². The van der Waals surface area contributed by atoms with Gasteiger partial charge in [0.1, 0.15) is 5.82 Å². The molecule has 2 rings (SSSR count). The number of aliphatic hydroxyl groups is 1. The Morgan fingerprint density at radius 3 is 3.16 bits per heavy atom. The van der Waals surface area contributed by atoms with Crippen molar-refractivity contribution in [3.8, 4) is 0 Å². The van der Waals surface area contributed by atoms with Gasteiger partial charge in [-0.05, 0) is 19.4 Å². The van der Waals surface area contributed by atoms with Crippen molar-refractivity contribution in [2.75, 3.05) is 25.1 Å². The van der Waals surface area contributed by atoms with E-state index in [1.807, 2.05) is 12.1 Å². The Balaban J connectivity index is 2.06. The number of pyridine rings is 1. The van der Waals surface area contributed by atoms with Gasteiger partial charge in [0, 0.05) is 24.8 Å². The van der Waals surface area contributed by atoms with Crippen molar-refractivity contribution in [3.63, 3.8) is 0 Å². The molecular formula is C13H19N3O3. The second-order valence-electron chi connectivity index (χ2n) is 4.66. The zero-order chi connectivity index (χ0) is 13.8. The molecule has 2 atom stereocenters. The second-order valence-corrected chi connectivity index (χ2v) is 4.66. The minimum Gasteiger partial charge on any atom is -0.453 e. The van der Waals surface area contributed by atoms with Gasteiger partial charge in [-0.2, -0.15) is 0 Å². The lowest BCUT2D eigenvalue weighted by molar-refractivity contribution is 0.167. The molecule has 0 spiro atoms. The molecule has 1 aliphatic rings. The van der Waals surface area contributed by atoms with Crippen LogP contribution in [0.15, 0.2) is 18.3 Å². The minimum absolute atomic E-state index is 0.0521. The maximum atomic E-state index is 11.2. The summed E-state index contributed by atoms with van der Waals surface area (Å²) in [5.41, 5.74) is 0.807. The van der Waals surface area contributed by atoms with E-state index < -0.39 is 12.2 Å². The second kappa shape index (κ2) is 5.88. The zero-order valence-electron chi connectivity index (χ0n) is 11.2. The van der Waals surface area contributed by atoms with Gasteiger partial charge in [0.2, 0.25) is 0 Å². The average molecular weight is 265 g/mol. The van der Waals surface area contributed by atoms with Gasteiger partial charge in [-0.15, -0.1) is 0 Å². The number of ether oxygens (including phenoxy) is 1. The highest BCUT2D eigenvalue weighted by Gasteiger charge is 2.27. The van der Waals surface area contributed by atoms with Crippen molar-refractivity contribution in [1.82, 2.24) is 10.3 Å². The van der Waals surface area contributed by atoms with Crippen LogP contribution in [0.25, 0.3) is 0 Å². The number of aromatic nitrogens is 1. The molecule has 6 nitrogen and oxygen atoms in total. The Kier molecular flexibility index (Phi) is 4.21. The third-order valence-corrected chi connectivity index (χ3v) is 3.26. The monoisotopic (exact) mass is 265 g/mol. The van der Waals surface area contributed by atoms with Crippen LogP contribution >= 0.6 is 0 Å². The number of anilines is 1. The van der Waals surface area contributed by atoms with Gasteiger partial charge in [0.15, 0.2) is 0 Å². The standard InChI is InChI=1S/C13H19N3O3/c1-9(17)11-4-3-6-14-12(11)16-7-5-10(8-16)15-13(18)19-2/h3-4,6,9-10,17H,5,7-8H2,1-2H3,(H,15,18). The maximum Gasteiger partial charge on any atom is 0.407 e. The van der Waals surface area contributed by atoms with E-state index in [0.717, 1.165) is 24.3 Å². The predicted octanol–water partition coefficient (Wildman–Crippen LogP) is 1.07. The molecule has 0 radical (unpaired) electrons. The molecule has 1 fully saturated rings. The van der Waals surface area contributed by atoms with Crippen molar-refractivity contribution < 1.29 is 14.6 Å². The molecule has 6 heteroatoms. The first-order valence-electron chi connectivity index (χ1n) is 6.34. The first-order valence-corrected chi connectivity index (χ1v) is 6.34. The number of hydrogen-bond acceptors (Lipinski definition) is 5. The largest absolute Gasteiger partial charge is 0.453 e. The summed E-state index contributed by atoms with van der Waals surface area (Å²) >= 11 is 0. The third kappa shape index (κ3) is 3.14. The van der Waals surface area contributed by atoms with E-state index in [-0.39, 0.29) is 6.04 Å². The molecule has 0 saturated carbocycles. The van der Waals surface area contributed by atoms with Crippen LogP contribution in [-0.2, 0) is 4.74 Å². The van der Waals surface area contributed by atoms with Crippen molar-refractivity contribution in [3.05, 3.63) is 23.9 Å². The lowest BCUT2D eigenvalue weighted by Gasteiger charge is -2.21. The zero-order valence-corrected chi connectivity index (χ0v) is 11.2. The van der Waals surface area contributed by atoms with Gasteiger partial charge in [-0.3, -0.25) is 0 Å². The number of alkyl carbamates (subject to hydrolysis) is 1. The molecule has 2 N–H and O–H groups in total. The molecule has 19 heavy (non-hydrogen) atoms. The SMILES string of the molecule is COC(=O)NC1CCN(c2ncccc2C(C)O)C1. The molecule has 2 unspecified atom stereocenters. The number of nitrogens with zero attached hydrogens (tertiary/aromatic N) is 2. The molecule has 1 saturated heterocycles. The molecule has 0 aliphatic carbocycles. The van der Waals surface area contributed by atoms with Gasteiger partial charge >= 0.3 is 6.09 Å². The fraction of sp³-hybridized carbons (Fsp3) is 0.538. The average Bonchev–Trinajstić information content (AvgIpc) is 2.86. The van der Waals surface area contributed by atoms with Crippen molar-refractivity contribution >= 4 is 11.9 Å². The molecule has 1 amide bonds. The van der Waals surface area contributed by atoms with Crippen LogP contribution in [0, 0.1) is 0 Å². The molecule has 0 aromatic carbocycles. The van der Waals surface area contributed by atoms with E-state index >= 15 is 0 Å². The quantitative estimate of drug-likeness (QED) is 0.855. The summed E-state index contributed by atoms with van der Waals surface area (Å²) in [4.78, 5) is 17.6. The first-order chi connectivity index (χ1) is 9.11. The number of nitrogens with one attached hydrogen (secondary N) is 1. The fourth-order valence-electron chi connectivity index (χ4n) is 2.30. The molecular weight excluding hydrogens is 246 g/mol. The number of aliphatic hydroxyl groups excluding tert-OH is 1. The summed E-state index contributed by atoms with van der Waals surface area (Å²) in [5.74, 6) is 0.784. The third-order valence-electron chi connectivity index (χ3n) is 3.26. The van der Waals surface area contributed by atoms with Crippen LogP contribution in [0.2, 0.25) is 0 Å². The fourth-order valence-corrected chi connectivity index (χ4v) is 2.30. The summed E-state index contributed by atoms with van der Waals surface area (Å²) in [6, 6.07) is 3.73. The van der Waals surface area contributed by atoms with Crippen molar-refractivity contribution in [2.24, 2.45) is 0 Å². The molecule has 2 heterocycles. The predicted molar refractivity (Wildman–Crippen MR) is 71.0 cm³/mol. The van der Waals surface area contributed by atoms with E-state index in [1.165, 1.54) is 7.11 Å². The van der Waals surface area contributed by atoms with Crippen LogP contribution in [0.5, 0.6) is 0 Å². The normalized spacial score (nSPS) is 20.2. The van der Waals surface area contributed by atoms with E-state index in [1.54, 1.807) is 13.1 Å². The van der Waals surface area contributed by atoms with Crippen molar-refractivity contribution in [2.45, 2.75) is 25.5 Å². The topological polar surface area (TPSA) is 74.7 Å². The highest BCUT2D eigenvalue weighted by atomic mass is 16.5. The summed E-state index contributed by atoms with van der Waals surface area (Å²) in [7, 11) is 1.35. The maximum absolute atomic E-state index is 11.2. The minimum atomic E-state index is -0.559. The lowest BCUT2D eigenvalue weighted by Crippen LogP contribution is -2.37. The van der Waals surface area contributed by atoms with Crippen LogP contribution in [-0.4, -0.2) is 42.4 Å². The molecule has 1 aromatic heterocycles. The molecule has 104 valence electrons. The molecule has 1 aromatic rings. The molecule has 0 bridgehead atoms. The Morgan fingerprint density at radius 1 is 1.68 bits per heavy atom. The lowest BCUT2D eigenvalue weighted by atomic mass is 10.1. The van der Waals surface area contributed by atoms with Gasteiger partial charge < -0.3 is 20.1 Å². The van der Waals surface area contributed by atoms with Crippen LogP contribution in [0.4, 0.5) is 10.6 Å². The van der Waals surface area contributed by atoms with Crippen LogP contribution < -0.4 is 10.2 Å². The highest BCUT2D eigenvalue weighted by molar-refractivity contribution is 5.67. The van der Waals surface area contributed by atoms with Crippen molar-refractivity contribution in [1.29, 1.82) is 0 Å². The van der Waals surface area contributed by atoms with E-state index in [2.05, 4.69) is 19.9 Å². The Hall–Kier alpha value is -1.82. The number of carbonyl (C=O) groups excluding carboxylic acids is 1. The van der Waals surface area contributed by atoms with Gasteiger partial charge in [0.05, 0.1) is 19.3 Å². The smallest absolute Gasteiger partial charge is 0.407 e. The summed E-state index contributed by atoms with van der Waals surface area (Å²) in [6.45, 7) is 3.19. The Morgan fingerprint density at radius 2 is 2.47 bits per heavy atom. The number of amides is 1. The van der Waals surface area contributed by atoms with Crippen LogP contribution in [0.1, 0.15) is 25.0 Å². The van der Waals surface area contributed by atoms with Crippen LogP contribution in [0.3, 0.4) is 0 Å². The Labute approximate surface area is 112 Å². The van der Waals surface area contributed by atoms with E-state index in [0.29, 0.717) is 6.54 Å². The number of carbonyl (C=O) groups is 1. The van der Waals surface area contributed by atoms with Gasteiger partial charge in [0.25, 0.3) is 0 Å². The molecule has 1 aliphatic heterocycles. The van der Waals surface area contributed by atoms with E-state index in [9.17, 15) is 9.90 Å². The Bertz CT molecular complexity index is 451. The summed E-state index contributed by atoms with van der Waals surface area (Å²) < 4.78 is 4.59. The summed E-state index contributed by atoms with van der Waals surface area (Å²) in [6.07, 6.45) is 1.58. The number of hydrogen-bond donors (Lipinski definition) is 2. The highest BCUT2D eigenvalue weighted by Crippen LogP contribution is 2.26.